The van der Waals surface area contributed by atoms with Gasteiger partial charge in [-0.15, -0.1) is 0 Å². The van der Waals surface area contributed by atoms with Gasteiger partial charge in [0.05, 0.1) is 12.7 Å². The molecule has 0 saturated carbocycles. The molecule has 0 radical (unpaired) electrons. The monoisotopic (exact) mass is 235 g/mol. The van der Waals surface area contributed by atoms with Crippen LogP contribution in [0.25, 0.3) is 5.57 Å². The SMILES string of the molecule is COc1cc(O)c(C2=CCN(C)CC2)c(O)c1. The molecule has 0 saturated heterocycles. The summed E-state index contributed by atoms with van der Waals surface area (Å²) in [5, 5.41) is 19.9. The number of aromatic hydroxyl groups is 2. The van der Waals surface area contributed by atoms with Crippen LogP contribution in [-0.2, 0) is 0 Å². The largest absolute Gasteiger partial charge is 0.507 e. The number of nitrogens with zero attached hydrogens (tertiary/aromatic N) is 1. The van der Waals surface area contributed by atoms with Crippen molar-refractivity contribution >= 4 is 5.57 Å². The Kier molecular flexibility index (Phi) is 3.24. The lowest BCUT2D eigenvalue weighted by Crippen LogP contribution is -2.23. The summed E-state index contributed by atoms with van der Waals surface area (Å²) in [4.78, 5) is 2.18. The summed E-state index contributed by atoms with van der Waals surface area (Å²) in [6, 6.07) is 3.04. The van der Waals surface area contributed by atoms with Crippen molar-refractivity contribution in [3.05, 3.63) is 23.8 Å². The maximum Gasteiger partial charge on any atom is 0.130 e. The van der Waals surface area contributed by atoms with E-state index in [2.05, 4.69) is 4.90 Å². The smallest absolute Gasteiger partial charge is 0.130 e. The van der Waals surface area contributed by atoms with Crippen molar-refractivity contribution in [2.24, 2.45) is 0 Å². The van der Waals surface area contributed by atoms with Crippen LogP contribution in [0.2, 0.25) is 0 Å². The van der Waals surface area contributed by atoms with Gasteiger partial charge < -0.3 is 19.8 Å². The third-order valence-electron chi connectivity index (χ3n) is 3.04. The van der Waals surface area contributed by atoms with Crippen LogP contribution in [0.3, 0.4) is 0 Å². The Morgan fingerprint density at radius 1 is 1.24 bits per heavy atom. The molecule has 17 heavy (non-hydrogen) atoms. The van der Waals surface area contributed by atoms with Gasteiger partial charge in [-0.05, 0) is 19.0 Å². The maximum atomic E-state index is 9.93. The third kappa shape index (κ3) is 2.36. The van der Waals surface area contributed by atoms with Crippen LogP contribution in [0.5, 0.6) is 17.2 Å². The number of ether oxygens (including phenoxy) is 1. The normalized spacial score (nSPS) is 16.7. The van der Waals surface area contributed by atoms with Crippen LogP contribution in [0.1, 0.15) is 12.0 Å². The van der Waals surface area contributed by atoms with E-state index in [1.165, 1.54) is 19.2 Å². The van der Waals surface area contributed by atoms with Crippen LogP contribution in [0.4, 0.5) is 0 Å². The van der Waals surface area contributed by atoms with E-state index in [4.69, 9.17) is 4.74 Å². The number of hydrogen-bond acceptors (Lipinski definition) is 4. The highest BCUT2D eigenvalue weighted by Gasteiger charge is 2.17. The summed E-state index contributed by atoms with van der Waals surface area (Å²) >= 11 is 0. The molecule has 4 nitrogen and oxygen atoms in total. The fraction of sp³-hybridized carbons (Fsp3) is 0.385. The van der Waals surface area contributed by atoms with Gasteiger partial charge in [-0.2, -0.15) is 0 Å². The van der Waals surface area contributed by atoms with E-state index in [0.29, 0.717) is 11.3 Å². The first kappa shape index (κ1) is 11.8. The van der Waals surface area contributed by atoms with Crippen molar-refractivity contribution < 1.29 is 14.9 Å². The Morgan fingerprint density at radius 2 is 1.88 bits per heavy atom. The van der Waals surface area contributed by atoms with E-state index in [-0.39, 0.29) is 11.5 Å². The van der Waals surface area contributed by atoms with Crippen LogP contribution in [-0.4, -0.2) is 42.4 Å². The standard InChI is InChI=1S/C13H17NO3/c1-14-5-3-9(4-6-14)13-11(15)7-10(17-2)8-12(13)16/h3,7-8,15-16H,4-6H2,1-2H3. The van der Waals surface area contributed by atoms with Gasteiger partial charge in [-0.25, -0.2) is 0 Å². The molecule has 0 bridgehead atoms. The number of phenolic OH excluding ortho intramolecular Hbond substituents is 2. The highest BCUT2D eigenvalue weighted by atomic mass is 16.5. The fourth-order valence-corrected chi connectivity index (χ4v) is 2.03. The Labute approximate surface area is 101 Å². The molecule has 2 rings (SSSR count). The van der Waals surface area contributed by atoms with Crippen LogP contribution < -0.4 is 4.74 Å². The average molecular weight is 235 g/mol. The molecule has 0 aliphatic carbocycles. The lowest BCUT2D eigenvalue weighted by atomic mass is 9.97. The van der Waals surface area contributed by atoms with Gasteiger partial charge >= 0.3 is 0 Å². The minimum absolute atomic E-state index is 0.0673. The van der Waals surface area contributed by atoms with Crippen LogP contribution >= 0.6 is 0 Å². The quantitative estimate of drug-likeness (QED) is 0.821. The van der Waals surface area contributed by atoms with Gasteiger partial charge in [0.2, 0.25) is 0 Å². The zero-order valence-electron chi connectivity index (χ0n) is 10.1. The predicted octanol–water partition coefficient (Wildman–Crippen LogP) is 1.83. The maximum absolute atomic E-state index is 9.93. The van der Waals surface area contributed by atoms with Crippen molar-refractivity contribution in [1.29, 1.82) is 0 Å². The first-order valence-electron chi connectivity index (χ1n) is 5.59. The molecule has 2 N–H and O–H groups in total. The van der Waals surface area contributed by atoms with E-state index < -0.39 is 0 Å². The van der Waals surface area contributed by atoms with Crippen molar-refractivity contribution in [1.82, 2.24) is 4.90 Å². The molecule has 4 heteroatoms. The minimum atomic E-state index is 0.0673. The second kappa shape index (κ2) is 4.67. The topological polar surface area (TPSA) is 52.9 Å². The molecule has 0 fully saturated rings. The zero-order valence-corrected chi connectivity index (χ0v) is 10.1. The molecular weight excluding hydrogens is 218 g/mol. The van der Waals surface area contributed by atoms with Crippen LogP contribution in [0, 0.1) is 0 Å². The van der Waals surface area contributed by atoms with Gasteiger partial charge in [0, 0.05) is 25.2 Å². The summed E-state index contributed by atoms with van der Waals surface area (Å²) in [5.41, 5.74) is 1.51. The van der Waals surface area contributed by atoms with Crippen molar-refractivity contribution in [3.63, 3.8) is 0 Å². The fourth-order valence-electron chi connectivity index (χ4n) is 2.03. The Balaban J connectivity index is 2.39. The van der Waals surface area contributed by atoms with E-state index >= 15 is 0 Å². The molecule has 0 atom stereocenters. The van der Waals surface area contributed by atoms with Gasteiger partial charge in [0.1, 0.15) is 17.2 Å². The summed E-state index contributed by atoms with van der Waals surface area (Å²) in [7, 11) is 3.55. The predicted molar refractivity (Wildman–Crippen MR) is 66.4 cm³/mol. The third-order valence-corrected chi connectivity index (χ3v) is 3.04. The van der Waals surface area contributed by atoms with E-state index in [9.17, 15) is 10.2 Å². The summed E-state index contributed by atoms with van der Waals surface area (Å²) < 4.78 is 4.99. The van der Waals surface area contributed by atoms with Crippen molar-refractivity contribution in [3.8, 4) is 17.2 Å². The molecular formula is C13H17NO3. The molecule has 0 amide bonds. The molecule has 1 aliphatic heterocycles. The van der Waals surface area contributed by atoms with Crippen molar-refractivity contribution in [2.45, 2.75) is 6.42 Å². The number of hydrogen-bond donors (Lipinski definition) is 2. The molecule has 1 aromatic rings. The van der Waals surface area contributed by atoms with Crippen molar-refractivity contribution in [2.75, 3.05) is 27.2 Å². The van der Waals surface area contributed by atoms with Gasteiger partial charge in [-0.3, -0.25) is 0 Å². The highest BCUT2D eigenvalue weighted by molar-refractivity contribution is 5.76. The lowest BCUT2D eigenvalue weighted by Gasteiger charge is -2.23. The second-order valence-corrected chi connectivity index (χ2v) is 4.28. The van der Waals surface area contributed by atoms with Gasteiger partial charge in [-0.1, -0.05) is 6.08 Å². The minimum Gasteiger partial charge on any atom is -0.507 e. The molecule has 1 heterocycles. The number of benzene rings is 1. The Morgan fingerprint density at radius 3 is 2.35 bits per heavy atom. The van der Waals surface area contributed by atoms with Crippen LogP contribution in [0.15, 0.2) is 18.2 Å². The number of phenols is 2. The number of rotatable bonds is 2. The molecule has 1 aromatic carbocycles. The Bertz CT molecular complexity index is 431. The Hall–Kier alpha value is -1.68. The molecule has 92 valence electrons. The number of likely N-dealkylation sites (N-methyl/N-ethyl adjacent to an activating group) is 1. The summed E-state index contributed by atoms with van der Waals surface area (Å²) in [6.45, 7) is 1.76. The average Bonchev–Trinajstić information content (AvgIpc) is 2.30. The van der Waals surface area contributed by atoms with Gasteiger partial charge in [0.15, 0.2) is 0 Å². The van der Waals surface area contributed by atoms with E-state index in [1.54, 1.807) is 0 Å². The van der Waals surface area contributed by atoms with E-state index in [1.807, 2.05) is 13.1 Å². The van der Waals surface area contributed by atoms with Gasteiger partial charge in [0.25, 0.3) is 0 Å². The first-order chi connectivity index (χ1) is 8.11. The molecule has 0 unspecified atom stereocenters. The first-order valence-corrected chi connectivity index (χ1v) is 5.59. The molecule has 0 spiro atoms. The lowest BCUT2D eigenvalue weighted by molar-refractivity contribution is 0.368. The zero-order chi connectivity index (χ0) is 12.4. The van der Waals surface area contributed by atoms with E-state index in [0.717, 1.165) is 25.1 Å². The number of methoxy groups -OCH3 is 1. The molecule has 0 aromatic heterocycles. The summed E-state index contributed by atoms with van der Waals surface area (Å²) in [6.07, 6.45) is 2.86. The highest BCUT2D eigenvalue weighted by Crippen LogP contribution is 2.39. The summed E-state index contributed by atoms with van der Waals surface area (Å²) in [5.74, 6) is 0.590. The molecule has 1 aliphatic rings. The second-order valence-electron chi connectivity index (χ2n) is 4.28.